The fourth-order valence-corrected chi connectivity index (χ4v) is 3.97. The topological polar surface area (TPSA) is 48.9 Å². The second kappa shape index (κ2) is 8.00. The van der Waals surface area contributed by atoms with E-state index in [-0.39, 0.29) is 12.2 Å². The Morgan fingerprint density at radius 3 is 2.43 bits per heavy atom. The highest BCUT2D eigenvalue weighted by Crippen LogP contribution is 2.31. The van der Waals surface area contributed by atoms with Crippen molar-refractivity contribution in [1.29, 1.82) is 0 Å². The summed E-state index contributed by atoms with van der Waals surface area (Å²) in [6.07, 6.45) is 2.17. The van der Waals surface area contributed by atoms with Crippen LogP contribution in [0.25, 0.3) is 5.70 Å². The SMILES string of the molecule is Cc1ccc(C2=CC(c3cc(Br)ccc3O)[NH2+]C(c3ccc(Cl)cc3)N2)cc1. The lowest BCUT2D eigenvalue weighted by Gasteiger charge is -2.30. The van der Waals surface area contributed by atoms with Crippen LogP contribution in [0, 0.1) is 6.92 Å². The number of nitrogens with one attached hydrogen (secondary N) is 1. The van der Waals surface area contributed by atoms with Crippen molar-refractivity contribution in [2.75, 3.05) is 0 Å². The maximum Gasteiger partial charge on any atom is 0.186 e. The number of hydrogen-bond acceptors (Lipinski definition) is 2. The van der Waals surface area contributed by atoms with Gasteiger partial charge in [-0.25, -0.2) is 0 Å². The molecule has 3 aromatic rings. The van der Waals surface area contributed by atoms with E-state index < -0.39 is 0 Å². The molecule has 28 heavy (non-hydrogen) atoms. The summed E-state index contributed by atoms with van der Waals surface area (Å²) in [5.74, 6) is 0.292. The molecular weight excluding hydrogens is 436 g/mol. The third kappa shape index (κ3) is 4.09. The molecule has 142 valence electrons. The minimum Gasteiger partial charge on any atom is -0.507 e. The van der Waals surface area contributed by atoms with Crippen LogP contribution in [-0.2, 0) is 0 Å². The van der Waals surface area contributed by atoms with Crippen LogP contribution in [0.4, 0.5) is 0 Å². The Balaban J connectivity index is 1.76. The van der Waals surface area contributed by atoms with Crippen molar-refractivity contribution in [2.45, 2.75) is 19.1 Å². The van der Waals surface area contributed by atoms with Gasteiger partial charge in [0.1, 0.15) is 11.8 Å². The summed E-state index contributed by atoms with van der Waals surface area (Å²) in [4.78, 5) is 0. The Morgan fingerprint density at radius 2 is 1.71 bits per heavy atom. The average Bonchev–Trinajstić information content (AvgIpc) is 2.70. The lowest BCUT2D eigenvalue weighted by Crippen LogP contribution is -2.89. The fraction of sp³-hybridized carbons (Fsp3) is 0.130. The van der Waals surface area contributed by atoms with Gasteiger partial charge in [-0.05, 0) is 55.0 Å². The third-order valence-corrected chi connectivity index (χ3v) is 5.74. The zero-order valence-corrected chi connectivity index (χ0v) is 17.7. The summed E-state index contributed by atoms with van der Waals surface area (Å²) in [7, 11) is 0. The first-order chi connectivity index (χ1) is 13.5. The van der Waals surface area contributed by atoms with E-state index in [1.165, 1.54) is 5.56 Å². The molecule has 0 fully saturated rings. The predicted octanol–water partition coefficient (Wildman–Crippen LogP) is 5.06. The second-order valence-corrected chi connectivity index (χ2v) is 8.39. The number of phenols is 1. The quantitative estimate of drug-likeness (QED) is 0.516. The van der Waals surface area contributed by atoms with E-state index in [4.69, 9.17) is 11.6 Å². The van der Waals surface area contributed by atoms with Gasteiger partial charge < -0.3 is 15.7 Å². The van der Waals surface area contributed by atoms with Crippen LogP contribution in [0.5, 0.6) is 5.75 Å². The van der Waals surface area contributed by atoms with E-state index in [0.29, 0.717) is 5.75 Å². The molecule has 1 heterocycles. The number of hydrogen-bond donors (Lipinski definition) is 3. The second-order valence-electron chi connectivity index (χ2n) is 7.04. The molecule has 1 aliphatic heterocycles. The number of aryl methyl sites for hydroxylation is 1. The number of quaternary nitrogens is 1. The largest absolute Gasteiger partial charge is 0.507 e. The lowest BCUT2D eigenvalue weighted by atomic mass is 9.97. The molecule has 0 spiro atoms. The smallest absolute Gasteiger partial charge is 0.186 e. The van der Waals surface area contributed by atoms with Gasteiger partial charge in [-0.15, -0.1) is 0 Å². The first kappa shape index (κ1) is 19.1. The minimum absolute atomic E-state index is 0.00181. The van der Waals surface area contributed by atoms with E-state index in [9.17, 15) is 5.11 Å². The van der Waals surface area contributed by atoms with Crippen molar-refractivity contribution >= 4 is 33.2 Å². The summed E-state index contributed by atoms with van der Waals surface area (Å²) in [5.41, 5.74) is 5.40. The Hall–Kier alpha value is -2.27. The minimum atomic E-state index is -0.0317. The van der Waals surface area contributed by atoms with Gasteiger partial charge in [0, 0.05) is 26.8 Å². The fourth-order valence-electron chi connectivity index (χ4n) is 3.47. The first-order valence-corrected chi connectivity index (χ1v) is 10.3. The summed E-state index contributed by atoms with van der Waals surface area (Å²) in [6.45, 7) is 2.08. The average molecular weight is 457 g/mol. The van der Waals surface area contributed by atoms with Gasteiger partial charge in [0.2, 0.25) is 0 Å². The summed E-state index contributed by atoms with van der Waals surface area (Å²) >= 11 is 9.60. The van der Waals surface area contributed by atoms with Gasteiger partial charge in [0.15, 0.2) is 6.17 Å². The van der Waals surface area contributed by atoms with Gasteiger partial charge in [-0.2, -0.15) is 0 Å². The van der Waals surface area contributed by atoms with Crippen LogP contribution in [0.15, 0.2) is 77.3 Å². The Labute approximate surface area is 178 Å². The number of aromatic hydroxyl groups is 1. The van der Waals surface area contributed by atoms with E-state index in [0.717, 1.165) is 31.9 Å². The highest BCUT2D eigenvalue weighted by molar-refractivity contribution is 9.10. The van der Waals surface area contributed by atoms with Crippen molar-refractivity contribution in [3.63, 3.8) is 0 Å². The normalized spacial score (nSPS) is 19.0. The van der Waals surface area contributed by atoms with Crippen LogP contribution < -0.4 is 10.6 Å². The number of halogens is 2. The molecule has 0 saturated carbocycles. The van der Waals surface area contributed by atoms with Crippen LogP contribution >= 0.6 is 27.5 Å². The van der Waals surface area contributed by atoms with Crippen molar-refractivity contribution in [1.82, 2.24) is 5.32 Å². The zero-order chi connectivity index (χ0) is 19.7. The van der Waals surface area contributed by atoms with Crippen LogP contribution in [0.3, 0.4) is 0 Å². The lowest BCUT2D eigenvalue weighted by molar-refractivity contribution is -0.731. The highest BCUT2D eigenvalue weighted by atomic mass is 79.9. The summed E-state index contributed by atoms with van der Waals surface area (Å²) in [6, 6.07) is 21.9. The van der Waals surface area contributed by atoms with Gasteiger partial charge in [0.05, 0.1) is 5.56 Å². The van der Waals surface area contributed by atoms with Crippen LogP contribution in [-0.4, -0.2) is 5.11 Å². The molecule has 4 rings (SSSR count). The molecule has 4 N–H and O–H groups in total. The first-order valence-electron chi connectivity index (χ1n) is 9.14. The molecule has 3 aromatic carbocycles. The molecule has 5 heteroatoms. The molecular formula is C23H21BrClN2O+. The van der Waals surface area contributed by atoms with Crippen molar-refractivity contribution in [3.05, 3.63) is 105 Å². The van der Waals surface area contributed by atoms with E-state index in [1.54, 1.807) is 6.07 Å². The third-order valence-electron chi connectivity index (χ3n) is 5.00. The molecule has 2 unspecified atom stereocenters. The molecule has 0 radical (unpaired) electrons. The summed E-state index contributed by atoms with van der Waals surface area (Å²) in [5, 5.41) is 17.0. The monoisotopic (exact) mass is 455 g/mol. The Morgan fingerprint density at radius 1 is 1.00 bits per heavy atom. The standard InChI is InChI=1S/C23H20BrClN2O/c1-14-2-4-15(5-3-14)20-13-21(19-12-17(24)8-11-22(19)28)27-23(26-20)16-6-9-18(25)10-7-16/h2-13,21,23,26-28H,1H3/p+1. The number of rotatable bonds is 3. The van der Waals surface area contributed by atoms with Crippen LogP contribution in [0.2, 0.25) is 5.02 Å². The maximum absolute atomic E-state index is 10.5. The molecule has 3 nitrogen and oxygen atoms in total. The molecule has 0 aromatic heterocycles. The summed E-state index contributed by atoms with van der Waals surface area (Å²) < 4.78 is 0.945. The van der Waals surface area contributed by atoms with Crippen molar-refractivity contribution in [2.24, 2.45) is 0 Å². The number of benzene rings is 3. The predicted molar refractivity (Wildman–Crippen MR) is 117 cm³/mol. The molecule has 0 amide bonds. The molecule has 0 aliphatic carbocycles. The number of phenolic OH excluding ortho intramolecular Hbond substituents is 1. The van der Waals surface area contributed by atoms with Gasteiger partial charge in [-0.1, -0.05) is 57.4 Å². The molecule has 1 aliphatic rings. The van der Waals surface area contributed by atoms with Gasteiger partial charge >= 0.3 is 0 Å². The van der Waals surface area contributed by atoms with Crippen molar-refractivity contribution < 1.29 is 10.4 Å². The highest BCUT2D eigenvalue weighted by Gasteiger charge is 2.29. The number of nitrogens with two attached hydrogens (primary N) is 1. The van der Waals surface area contributed by atoms with E-state index >= 15 is 0 Å². The van der Waals surface area contributed by atoms with E-state index in [1.807, 2.05) is 36.4 Å². The zero-order valence-electron chi connectivity index (χ0n) is 15.4. The van der Waals surface area contributed by atoms with Crippen LogP contribution in [0.1, 0.15) is 34.5 Å². The van der Waals surface area contributed by atoms with Gasteiger partial charge in [-0.3, -0.25) is 0 Å². The van der Waals surface area contributed by atoms with Gasteiger partial charge in [0.25, 0.3) is 0 Å². The molecule has 2 atom stereocenters. The molecule has 0 saturated heterocycles. The Bertz CT molecular complexity index is 1020. The molecule has 0 bridgehead atoms. The maximum atomic E-state index is 10.5. The van der Waals surface area contributed by atoms with Crippen molar-refractivity contribution in [3.8, 4) is 5.75 Å². The van der Waals surface area contributed by atoms with E-state index in [2.05, 4.69) is 63.8 Å². The Kier molecular flexibility index (Phi) is 5.44.